The second-order valence-electron chi connectivity index (χ2n) is 5.47. The third-order valence-electron chi connectivity index (χ3n) is 4.23. The molecular formula is C14H19Cl2N3O2. The first-order chi connectivity index (χ1) is 9.95. The van der Waals surface area contributed by atoms with Crippen molar-refractivity contribution in [3.05, 3.63) is 32.3 Å². The van der Waals surface area contributed by atoms with Gasteiger partial charge in [-0.05, 0) is 25.3 Å². The van der Waals surface area contributed by atoms with Gasteiger partial charge in [0.25, 0.3) is 5.69 Å². The molecule has 116 valence electrons. The first-order valence-electron chi connectivity index (χ1n) is 7.02. The summed E-state index contributed by atoms with van der Waals surface area (Å²) in [5.41, 5.74) is 6.42. The standard InChI is InChI=1S/C14H19Cl2N3O2/c1-18(13-5-3-2-4-9(13)8-17)14-11(15)6-10(19(20)21)7-12(14)16/h6-7,9,13H,2-5,8,17H2,1H3. The zero-order chi connectivity index (χ0) is 15.6. The first kappa shape index (κ1) is 16.3. The minimum atomic E-state index is -0.495. The number of nitrogens with zero attached hydrogens (tertiary/aromatic N) is 2. The molecule has 7 heteroatoms. The van der Waals surface area contributed by atoms with Crippen LogP contribution in [0.25, 0.3) is 0 Å². The molecule has 1 aliphatic carbocycles. The number of nitro groups is 1. The molecule has 1 fully saturated rings. The van der Waals surface area contributed by atoms with Crippen LogP contribution in [0.5, 0.6) is 0 Å². The van der Waals surface area contributed by atoms with E-state index in [2.05, 4.69) is 0 Å². The number of nitro benzene ring substituents is 1. The third-order valence-corrected chi connectivity index (χ3v) is 4.81. The van der Waals surface area contributed by atoms with E-state index in [9.17, 15) is 10.1 Å². The van der Waals surface area contributed by atoms with Crippen molar-refractivity contribution < 1.29 is 4.92 Å². The van der Waals surface area contributed by atoms with Gasteiger partial charge in [0.15, 0.2) is 0 Å². The van der Waals surface area contributed by atoms with E-state index in [0.29, 0.717) is 28.2 Å². The van der Waals surface area contributed by atoms with Crippen LogP contribution >= 0.6 is 23.2 Å². The molecule has 0 amide bonds. The lowest BCUT2D eigenvalue weighted by Crippen LogP contribution is -2.43. The molecule has 2 atom stereocenters. The maximum Gasteiger partial charge on any atom is 0.272 e. The van der Waals surface area contributed by atoms with Gasteiger partial charge in [-0.3, -0.25) is 10.1 Å². The molecule has 0 heterocycles. The molecule has 5 nitrogen and oxygen atoms in total. The molecule has 0 aromatic heterocycles. The van der Waals surface area contributed by atoms with Crippen LogP contribution < -0.4 is 10.6 Å². The Hall–Kier alpha value is -1.04. The van der Waals surface area contributed by atoms with E-state index in [1.54, 1.807) is 0 Å². The highest BCUT2D eigenvalue weighted by Gasteiger charge is 2.30. The summed E-state index contributed by atoms with van der Waals surface area (Å²) in [7, 11) is 1.93. The number of hydrogen-bond acceptors (Lipinski definition) is 4. The predicted octanol–water partition coefficient (Wildman–Crippen LogP) is 3.86. The molecule has 0 aliphatic heterocycles. The van der Waals surface area contributed by atoms with Crippen LogP contribution in [0.1, 0.15) is 25.7 Å². The summed E-state index contributed by atoms with van der Waals surface area (Å²) in [5.74, 6) is 0.395. The molecule has 1 saturated carbocycles. The topological polar surface area (TPSA) is 72.4 Å². The Morgan fingerprint density at radius 2 is 1.90 bits per heavy atom. The summed E-state index contributed by atoms with van der Waals surface area (Å²) in [5, 5.41) is 11.5. The van der Waals surface area contributed by atoms with Crippen LogP contribution in [0, 0.1) is 16.0 Å². The van der Waals surface area contributed by atoms with Gasteiger partial charge >= 0.3 is 0 Å². The van der Waals surface area contributed by atoms with E-state index in [1.807, 2.05) is 11.9 Å². The van der Waals surface area contributed by atoms with Gasteiger partial charge in [0.1, 0.15) is 0 Å². The fraction of sp³-hybridized carbons (Fsp3) is 0.571. The quantitative estimate of drug-likeness (QED) is 0.671. The monoisotopic (exact) mass is 331 g/mol. The molecule has 1 aliphatic rings. The van der Waals surface area contributed by atoms with Gasteiger partial charge in [0.2, 0.25) is 0 Å². The first-order valence-corrected chi connectivity index (χ1v) is 7.77. The van der Waals surface area contributed by atoms with Crippen LogP contribution in [-0.2, 0) is 0 Å². The number of rotatable bonds is 4. The maximum absolute atomic E-state index is 10.8. The van der Waals surface area contributed by atoms with Crippen LogP contribution in [0.15, 0.2) is 12.1 Å². The summed E-state index contributed by atoms with van der Waals surface area (Å²) < 4.78 is 0. The Morgan fingerprint density at radius 1 is 1.33 bits per heavy atom. The third kappa shape index (κ3) is 3.42. The minimum Gasteiger partial charge on any atom is -0.369 e. The zero-order valence-corrected chi connectivity index (χ0v) is 13.4. The van der Waals surface area contributed by atoms with Crippen molar-refractivity contribution in [2.75, 3.05) is 18.5 Å². The molecular weight excluding hydrogens is 313 g/mol. The molecule has 0 spiro atoms. The van der Waals surface area contributed by atoms with Crippen molar-refractivity contribution in [2.24, 2.45) is 11.7 Å². The average Bonchev–Trinajstić information content (AvgIpc) is 2.46. The van der Waals surface area contributed by atoms with E-state index in [-0.39, 0.29) is 11.7 Å². The summed E-state index contributed by atoms with van der Waals surface area (Å²) in [6.45, 7) is 0.622. The fourth-order valence-electron chi connectivity index (χ4n) is 3.13. The van der Waals surface area contributed by atoms with Gasteiger partial charge in [0.05, 0.1) is 20.7 Å². The van der Waals surface area contributed by atoms with Gasteiger partial charge in [0, 0.05) is 25.2 Å². The van der Waals surface area contributed by atoms with Crippen LogP contribution in [-0.4, -0.2) is 24.6 Å². The van der Waals surface area contributed by atoms with Gasteiger partial charge in [-0.1, -0.05) is 36.0 Å². The highest BCUT2D eigenvalue weighted by Crippen LogP contribution is 2.40. The highest BCUT2D eigenvalue weighted by atomic mass is 35.5. The lowest BCUT2D eigenvalue weighted by Gasteiger charge is -2.39. The summed E-state index contributed by atoms with van der Waals surface area (Å²) in [4.78, 5) is 12.4. The predicted molar refractivity (Wildman–Crippen MR) is 86.3 cm³/mol. The van der Waals surface area contributed by atoms with Crippen molar-refractivity contribution >= 4 is 34.6 Å². The maximum atomic E-state index is 10.8. The van der Waals surface area contributed by atoms with E-state index in [0.717, 1.165) is 19.3 Å². The van der Waals surface area contributed by atoms with Crippen LogP contribution in [0.4, 0.5) is 11.4 Å². The second-order valence-corrected chi connectivity index (χ2v) is 6.29. The van der Waals surface area contributed by atoms with Gasteiger partial charge in [-0.15, -0.1) is 0 Å². The van der Waals surface area contributed by atoms with Crippen molar-refractivity contribution in [1.82, 2.24) is 0 Å². The van der Waals surface area contributed by atoms with Crippen LogP contribution in [0.2, 0.25) is 10.0 Å². The Morgan fingerprint density at radius 3 is 2.43 bits per heavy atom. The molecule has 2 N–H and O–H groups in total. The Balaban J connectivity index is 2.34. The summed E-state index contributed by atoms with van der Waals surface area (Å²) in [6.07, 6.45) is 4.46. The Labute approximate surface area is 134 Å². The Kier molecular flexibility index (Phi) is 5.30. The molecule has 1 aromatic rings. The van der Waals surface area contributed by atoms with E-state index in [4.69, 9.17) is 28.9 Å². The lowest BCUT2D eigenvalue weighted by atomic mass is 9.83. The van der Waals surface area contributed by atoms with Crippen molar-refractivity contribution in [2.45, 2.75) is 31.7 Å². The normalized spacial score (nSPS) is 22.1. The second kappa shape index (κ2) is 6.81. The number of benzene rings is 1. The van der Waals surface area contributed by atoms with Gasteiger partial charge in [-0.25, -0.2) is 0 Å². The number of anilines is 1. The van der Waals surface area contributed by atoms with E-state index < -0.39 is 4.92 Å². The average molecular weight is 332 g/mol. The SMILES string of the molecule is CN(c1c(Cl)cc([N+](=O)[O-])cc1Cl)C1CCCCC1CN. The van der Waals surface area contributed by atoms with Crippen LogP contribution in [0.3, 0.4) is 0 Å². The molecule has 2 rings (SSSR count). The lowest BCUT2D eigenvalue weighted by molar-refractivity contribution is -0.384. The molecule has 21 heavy (non-hydrogen) atoms. The minimum absolute atomic E-state index is 0.0961. The largest absolute Gasteiger partial charge is 0.369 e. The van der Waals surface area contributed by atoms with Crippen molar-refractivity contribution in [3.63, 3.8) is 0 Å². The molecule has 0 radical (unpaired) electrons. The molecule has 1 aromatic carbocycles. The summed E-state index contributed by atoms with van der Waals surface area (Å²) >= 11 is 12.4. The van der Waals surface area contributed by atoms with E-state index in [1.165, 1.54) is 18.6 Å². The zero-order valence-electron chi connectivity index (χ0n) is 11.9. The highest BCUT2D eigenvalue weighted by molar-refractivity contribution is 6.39. The van der Waals surface area contributed by atoms with Gasteiger partial charge < -0.3 is 10.6 Å². The molecule has 0 saturated heterocycles. The van der Waals surface area contributed by atoms with Gasteiger partial charge in [-0.2, -0.15) is 0 Å². The number of halogens is 2. The summed E-state index contributed by atoms with van der Waals surface area (Å²) in [6, 6.07) is 2.96. The Bertz CT molecular complexity index is 516. The number of non-ortho nitro benzene ring substituents is 1. The molecule has 2 unspecified atom stereocenters. The number of hydrogen-bond donors (Lipinski definition) is 1. The smallest absolute Gasteiger partial charge is 0.272 e. The van der Waals surface area contributed by atoms with Crippen molar-refractivity contribution in [1.29, 1.82) is 0 Å². The van der Waals surface area contributed by atoms with E-state index >= 15 is 0 Å². The molecule has 0 bridgehead atoms. The van der Waals surface area contributed by atoms with Crippen molar-refractivity contribution in [3.8, 4) is 0 Å². The number of nitrogens with two attached hydrogens (primary N) is 1. The fourth-order valence-corrected chi connectivity index (χ4v) is 3.88.